The molecular weight excluding hydrogens is 402 g/mol. The second-order valence-corrected chi connectivity index (χ2v) is 5.85. The van der Waals surface area contributed by atoms with Gasteiger partial charge in [0, 0.05) is 22.2 Å². The van der Waals surface area contributed by atoms with Crippen LogP contribution in [-0.2, 0) is 13.0 Å². The van der Waals surface area contributed by atoms with Gasteiger partial charge in [0.05, 0.1) is 5.69 Å². The first-order valence-electron chi connectivity index (χ1n) is 4.61. The zero-order valence-electron chi connectivity index (χ0n) is 8.27. The SMILES string of the molecule is Cc1nc(I)c2c(c1I)CCN(C)C2. The summed E-state index contributed by atoms with van der Waals surface area (Å²) in [6.07, 6.45) is 1.17. The Balaban J connectivity index is 2.57. The molecule has 1 aromatic heterocycles. The van der Waals surface area contributed by atoms with E-state index in [1.807, 2.05) is 0 Å². The topological polar surface area (TPSA) is 16.1 Å². The molecule has 0 bridgehead atoms. The fraction of sp³-hybridized carbons (Fsp3) is 0.500. The quantitative estimate of drug-likeness (QED) is 0.480. The minimum atomic E-state index is 1.05. The van der Waals surface area contributed by atoms with E-state index in [0.717, 1.165) is 6.54 Å². The van der Waals surface area contributed by atoms with Gasteiger partial charge in [0.15, 0.2) is 0 Å². The number of likely N-dealkylation sites (N-methyl/N-ethyl adjacent to an activating group) is 1. The van der Waals surface area contributed by atoms with Crippen LogP contribution in [-0.4, -0.2) is 23.5 Å². The van der Waals surface area contributed by atoms with Crippen molar-refractivity contribution in [2.45, 2.75) is 19.9 Å². The molecule has 2 rings (SSSR count). The van der Waals surface area contributed by atoms with Crippen LogP contribution in [0.1, 0.15) is 16.8 Å². The van der Waals surface area contributed by atoms with Gasteiger partial charge >= 0.3 is 0 Å². The second kappa shape index (κ2) is 4.21. The molecule has 1 aliphatic rings. The van der Waals surface area contributed by atoms with Crippen molar-refractivity contribution in [3.05, 3.63) is 24.1 Å². The van der Waals surface area contributed by atoms with Crippen molar-refractivity contribution < 1.29 is 0 Å². The molecule has 0 radical (unpaired) electrons. The Hall–Kier alpha value is 0.570. The Morgan fingerprint density at radius 3 is 2.71 bits per heavy atom. The molecule has 0 amide bonds. The van der Waals surface area contributed by atoms with Gasteiger partial charge in [-0.2, -0.15) is 0 Å². The molecule has 0 spiro atoms. The molecule has 0 aromatic carbocycles. The van der Waals surface area contributed by atoms with Crippen molar-refractivity contribution in [1.82, 2.24) is 9.88 Å². The van der Waals surface area contributed by atoms with E-state index in [1.54, 1.807) is 0 Å². The number of halogens is 2. The number of aryl methyl sites for hydroxylation is 1. The molecule has 0 atom stereocenters. The maximum Gasteiger partial charge on any atom is 0.106 e. The van der Waals surface area contributed by atoms with Gasteiger partial charge in [-0.25, -0.2) is 4.98 Å². The van der Waals surface area contributed by atoms with Crippen LogP contribution < -0.4 is 0 Å². The molecule has 2 heterocycles. The van der Waals surface area contributed by atoms with E-state index < -0.39 is 0 Å². The third-order valence-electron chi connectivity index (χ3n) is 2.63. The van der Waals surface area contributed by atoms with E-state index in [4.69, 9.17) is 0 Å². The predicted octanol–water partition coefficient (Wildman–Crippen LogP) is 2.59. The first-order valence-corrected chi connectivity index (χ1v) is 6.77. The van der Waals surface area contributed by atoms with E-state index in [9.17, 15) is 0 Å². The molecule has 0 aliphatic carbocycles. The molecule has 14 heavy (non-hydrogen) atoms. The van der Waals surface area contributed by atoms with E-state index in [1.165, 1.54) is 37.1 Å². The number of hydrogen-bond acceptors (Lipinski definition) is 2. The summed E-state index contributed by atoms with van der Waals surface area (Å²) < 4.78 is 2.55. The molecule has 0 fully saturated rings. The highest BCUT2D eigenvalue weighted by Crippen LogP contribution is 2.27. The molecule has 1 aliphatic heterocycles. The maximum absolute atomic E-state index is 4.57. The first-order chi connectivity index (χ1) is 6.59. The summed E-state index contributed by atoms with van der Waals surface area (Å²) in [5, 5.41) is 0. The fourth-order valence-electron chi connectivity index (χ4n) is 1.81. The molecule has 4 heteroatoms. The lowest BCUT2D eigenvalue weighted by Crippen LogP contribution is -2.28. The summed E-state index contributed by atoms with van der Waals surface area (Å²) in [4.78, 5) is 6.93. The van der Waals surface area contributed by atoms with Crippen molar-refractivity contribution >= 4 is 45.2 Å². The Labute approximate surface area is 112 Å². The standard InChI is InChI=1S/C10H12I2N2/c1-6-9(11)7-3-4-14(2)5-8(7)10(12)13-6/h3-5H2,1-2H3. The van der Waals surface area contributed by atoms with Crippen LogP contribution in [0.25, 0.3) is 0 Å². The van der Waals surface area contributed by atoms with Crippen molar-refractivity contribution in [2.75, 3.05) is 13.6 Å². The van der Waals surface area contributed by atoms with Gasteiger partial charge in [0.2, 0.25) is 0 Å². The number of rotatable bonds is 0. The van der Waals surface area contributed by atoms with Gasteiger partial charge in [0.1, 0.15) is 3.70 Å². The third kappa shape index (κ3) is 1.92. The molecule has 0 saturated carbocycles. The summed E-state index contributed by atoms with van der Waals surface area (Å²) in [6, 6.07) is 0. The molecule has 76 valence electrons. The third-order valence-corrected chi connectivity index (χ3v) is 4.96. The number of nitrogens with zero attached hydrogens (tertiary/aromatic N) is 2. The van der Waals surface area contributed by atoms with E-state index in [-0.39, 0.29) is 0 Å². The van der Waals surface area contributed by atoms with Crippen LogP contribution in [0.5, 0.6) is 0 Å². The Kier molecular flexibility index (Phi) is 3.33. The van der Waals surface area contributed by atoms with Gasteiger partial charge in [0.25, 0.3) is 0 Å². The summed E-state index contributed by atoms with van der Waals surface area (Å²) in [5.74, 6) is 0. The Bertz CT molecular complexity index is 377. The summed E-state index contributed by atoms with van der Waals surface area (Å²) in [6.45, 7) is 4.32. The molecule has 0 saturated heterocycles. The average Bonchev–Trinajstić information content (AvgIpc) is 2.14. The van der Waals surface area contributed by atoms with Crippen LogP contribution in [0.3, 0.4) is 0 Å². The van der Waals surface area contributed by atoms with E-state index in [2.05, 4.69) is 69.0 Å². The van der Waals surface area contributed by atoms with Gasteiger partial charge in [-0.15, -0.1) is 0 Å². The molecular formula is C10H12I2N2. The summed E-state index contributed by atoms with van der Waals surface area (Å²) in [5.41, 5.74) is 4.15. The average molecular weight is 414 g/mol. The number of aromatic nitrogens is 1. The molecule has 0 unspecified atom stereocenters. The van der Waals surface area contributed by atoms with Crippen molar-refractivity contribution in [2.24, 2.45) is 0 Å². The number of hydrogen-bond donors (Lipinski definition) is 0. The smallest absolute Gasteiger partial charge is 0.106 e. The van der Waals surface area contributed by atoms with Gasteiger partial charge in [-0.05, 0) is 71.1 Å². The second-order valence-electron chi connectivity index (χ2n) is 3.75. The van der Waals surface area contributed by atoms with Crippen molar-refractivity contribution in [3.63, 3.8) is 0 Å². The Morgan fingerprint density at radius 2 is 2.00 bits per heavy atom. The lowest BCUT2D eigenvalue weighted by atomic mass is 10.0. The molecule has 0 N–H and O–H groups in total. The highest BCUT2D eigenvalue weighted by molar-refractivity contribution is 14.1. The van der Waals surface area contributed by atoms with Gasteiger partial charge < -0.3 is 4.90 Å². The minimum Gasteiger partial charge on any atom is -0.302 e. The van der Waals surface area contributed by atoms with Crippen LogP contribution in [0.2, 0.25) is 0 Å². The minimum absolute atomic E-state index is 1.05. The lowest BCUT2D eigenvalue weighted by molar-refractivity contribution is 0.310. The monoisotopic (exact) mass is 414 g/mol. The van der Waals surface area contributed by atoms with Crippen LogP contribution in [0.4, 0.5) is 0 Å². The Morgan fingerprint density at radius 1 is 1.29 bits per heavy atom. The fourth-order valence-corrected chi connectivity index (χ4v) is 3.39. The van der Waals surface area contributed by atoms with Crippen LogP contribution >= 0.6 is 45.2 Å². The van der Waals surface area contributed by atoms with Crippen LogP contribution in [0, 0.1) is 14.2 Å². The number of pyridine rings is 1. The zero-order valence-corrected chi connectivity index (χ0v) is 12.6. The van der Waals surface area contributed by atoms with Crippen molar-refractivity contribution in [3.8, 4) is 0 Å². The zero-order chi connectivity index (χ0) is 10.3. The van der Waals surface area contributed by atoms with Crippen LogP contribution in [0.15, 0.2) is 0 Å². The molecule has 1 aromatic rings. The maximum atomic E-state index is 4.57. The van der Waals surface area contributed by atoms with Gasteiger partial charge in [-0.1, -0.05) is 0 Å². The highest BCUT2D eigenvalue weighted by Gasteiger charge is 2.20. The summed E-state index contributed by atoms with van der Waals surface area (Å²) >= 11 is 4.78. The normalized spacial score (nSPS) is 16.9. The van der Waals surface area contributed by atoms with E-state index in [0.29, 0.717) is 0 Å². The lowest BCUT2D eigenvalue weighted by Gasteiger charge is -2.26. The number of fused-ring (bicyclic) bond motifs is 1. The highest BCUT2D eigenvalue weighted by atomic mass is 127. The summed E-state index contributed by atoms with van der Waals surface area (Å²) in [7, 11) is 2.17. The molecule has 2 nitrogen and oxygen atoms in total. The predicted molar refractivity (Wildman–Crippen MR) is 74.4 cm³/mol. The van der Waals surface area contributed by atoms with Gasteiger partial charge in [-0.3, -0.25) is 0 Å². The van der Waals surface area contributed by atoms with Crippen molar-refractivity contribution in [1.29, 1.82) is 0 Å². The van der Waals surface area contributed by atoms with E-state index >= 15 is 0 Å². The largest absolute Gasteiger partial charge is 0.302 e. The first kappa shape index (κ1) is 11.1.